The fourth-order valence-electron chi connectivity index (χ4n) is 1.79. The monoisotopic (exact) mass is 338 g/mol. The summed E-state index contributed by atoms with van der Waals surface area (Å²) in [5.74, 6) is -2.64. The molecule has 2 aromatic carbocycles. The highest BCUT2D eigenvalue weighted by molar-refractivity contribution is 6.33. The predicted molar refractivity (Wildman–Crippen MR) is 75.1 cm³/mol. The van der Waals surface area contributed by atoms with E-state index in [0.717, 1.165) is 12.1 Å². The van der Waals surface area contributed by atoms with Gasteiger partial charge in [0.25, 0.3) is 0 Å². The van der Waals surface area contributed by atoms with Crippen LogP contribution in [0.15, 0.2) is 30.3 Å². The molecule has 20 heavy (non-hydrogen) atoms. The average molecular weight is 340 g/mol. The van der Waals surface area contributed by atoms with E-state index >= 15 is 0 Å². The van der Waals surface area contributed by atoms with Crippen LogP contribution in [-0.4, -0.2) is 0 Å². The minimum Gasteiger partial charge on any atom is -0.207 e. The highest BCUT2D eigenvalue weighted by Crippen LogP contribution is 2.34. The van der Waals surface area contributed by atoms with Crippen molar-refractivity contribution in [3.63, 3.8) is 0 Å². The summed E-state index contributed by atoms with van der Waals surface area (Å²) in [6, 6.07) is 5.98. The largest absolute Gasteiger partial charge is 0.207 e. The molecule has 0 nitrogen and oxygen atoms in total. The van der Waals surface area contributed by atoms with Gasteiger partial charge < -0.3 is 0 Å². The molecule has 0 fully saturated rings. The molecule has 0 aliphatic rings. The van der Waals surface area contributed by atoms with Gasteiger partial charge in [0.1, 0.15) is 5.82 Å². The van der Waals surface area contributed by atoms with Gasteiger partial charge >= 0.3 is 0 Å². The van der Waals surface area contributed by atoms with Crippen molar-refractivity contribution in [3.05, 3.63) is 69.0 Å². The molecule has 0 spiro atoms. The molecule has 0 amide bonds. The number of alkyl halides is 1. The lowest BCUT2D eigenvalue weighted by atomic mass is 10.0. The maximum Gasteiger partial charge on any atom is 0.160 e. The molecule has 0 N–H and O–H groups in total. The van der Waals surface area contributed by atoms with Crippen molar-refractivity contribution in [2.24, 2.45) is 0 Å². The first-order valence-corrected chi connectivity index (χ1v) is 6.80. The Labute approximate surface area is 129 Å². The van der Waals surface area contributed by atoms with Crippen LogP contribution in [0.5, 0.6) is 0 Å². The summed E-state index contributed by atoms with van der Waals surface area (Å²) >= 11 is 17.8. The smallest absolute Gasteiger partial charge is 0.160 e. The molecule has 106 valence electrons. The number of benzene rings is 2. The maximum absolute atomic E-state index is 13.7. The van der Waals surface area contributed by atoms with Crippen LogP contribution in [0.3, 0.4) is 0 Å². The van der Waals surface area contributed by atoms with E-state index < -0.39 is 22.8 Å². The van der Waals surface area contributed by atoms with Crippen molar-refractivity contribution in [1.82, 2.24) is 0 Å². The second-order valence-electron chi connectivity index (χ2n) is 4.16. The summed E-state index contributed by atoms with van der Waals surface area (Å²) in [4.78, 5) is 0. The first-order chi connectivity index (χ1) is 9.40. The molecule has 1 atom stereocenters. The molecular formula is C14H8Cl3F3. The number of halogens is 6. The van der Waals surface area contributed by atoms with Gasteiger partial charge in [0.05, 0.1) is 5.38 Å². The maximum atomic E-state index is 13.7. The summed E-state index contributed by atoms with van der Waals surface area (Å²) in [5, 5.41) is -0.627. The topological polar surface area (TPSA) is 0 Å². The third-order valence-corrected chi connectivity index (χ3v) is 3.89. The number of rotatable bonds is 3. The van der Waals surface area contributed by atoms with Gasteiger partial charge in [0, 0.05) is 15.6 Å². The van der Waals surface area contributed by atoms with Gasteiger partial charge in [0.2, 0.25) is 0 Å². The van der Waals surface area contributed by atoms with E-state index in [1.807, 2.05) is 0 Å². The van der Waals surface area contributed by atoms with Crippen molar-refractivity contribution in [3.8, 4) is 0 Å². The van der Waals surface area contributed by atoms with Crippen molar-refractivity contribution in [2.75, 3.05) is 0 Å². The minimum atomic E-state index is -1.06. The zero-order chi connectivity index (χ0) is 14.9. The number of hydrogen-bond acceptors (Lipinski definition) is 0. The SMILES string of the molecule is Fc1cc(Cl)c(C(Cl)Cc2c(F)cccc2Cl)cc1F. The van der Waals surface area contributed by atoms with Crippen LogP contribution in [0, 0.1) is 17.5 Å². The molecule has 1 unspecified atom stereocenters. The van der Waals surface area contributed by atoms with Crippen LogP contribution in [0.1, 0.15) is 16.5 Å². The quantitative estimate of drug-likeness (QED) is 0.480. The molecule has 0 aliphatic heterocycles. The van der Waals surface area contributed by atoms with Gasteiger partial charge in [-0.25, -0.2) is 13.2 Å². The third kappa shape index (κ3) is 3.22. The van der Waals surface area contributed by atoms with Gasteiger partial charge in [-0.05, 0) is 36.2 Å². The molecule has 0 bridgehead atoms. The molecule has 0 aromatic heterocycles. The Kier molecular flexibility index (Phi) is 4.84. The molecule has 2 aromatic rings. The summed E-state index contributed by atoms with van der Waals surface area (Å²) in [5.41, 5.74) is 0.390. The Bertz CT molecular complexity index is 624. The summed E-state index contributed by atoms with van der Waals surface area (Å²) in [6.45, 7) is 0. The lowest BCUT2D eigenvalue weighted by Gasteiger charge is -2.14. The second kappa shape index (κ2) is 6.25. The van der Waals surface area contributed by atoms with Crippen LogP contribution in [0.25, 0.3) is 0 Å². The molecule has 0 radical (unpaired) electrons. The van der Waals surface area contributed by atoms with Crippen molar-refractivity contribution < 1.29 is 13.2 Å². The van der Waals surface area contributed by atoms with Crippen LogP contribution >= 0.6 is 34.8 Å². The fourth-order valence-corrected chi connectivity index (χ4v) is 2.71. The third-order valence-electron chi connectivity index (χ3n) is 2.82. The lowest BCUT2D eigenvalue weighted by molar-refractivity contribution is 0.506. The van der Waals surface area contributed by atoms with E-state index in [-0.39, 0.29) is 27.6 Å². The Morgan fingerprint density at radius 2 is 1.55 bits per heavy atom. The van der Waals surface area contributed by atoms with E-state index in [2.05, 4.69) is 0 Å². The Balaban J connectivity index is 2.33. The Morgan fingerprint density at radius 1 is 0.900 bits per heavy atom. The van der Waals surface area contributed by atoms with Gasteiger partial charge in [0.15, 0.2) is 11.6 Å². The Morgan fingerprint density at radius 3 is 2.20 bits per heavy atom. The predicted octanol–water partition coefficient (Wildman–Crippen LogP) is 5.93. The van der Waals surface area contributed by atoms with Crippen LogP contribution < -0.4 is 0 Å². The average Bonchev–Trinajstić information content (AvgIpc) is 2.38. The molecule has 0 aliphatic carbocycles. The van der Waals surface area contributed by atoms with Crippen LogP contribution in [0.4, 0.5) is 13.2 Å². The molecule has 6 heteroatoms. The van der Waals surface area contributed by atoms with E-state index in [9.17, 15) is 13.2 Å². The normalized spacial score (nSPS) is 12.5. The standard InChI is InChI=1S/C14H8Cl3F3/c15-9-2-1-3-12(18)8(9)4-10(16)7-5-13(19)14(20)6-11(7)17/h1-3,5-6,10H,4H2. The summed E-state index contributed by atoms with van der Waals surface area (Å²) < 4.78 is 39.9. The Hall–Kier alpha value is -0.900. The van der Waals surface area contributed by atoms with E-state index in [4.69, 9.17) is 34.8 Å². The second-order valence-corrected chi connectivity index (χ2v) is 5.50. The van der Waals surface area contributed by atoms with Crippen LogP contribution in [-0.2, 0) is 6.42 Å². The molecule has 0 saturated heterocycles. The zero-order valence-electron chi connectivity index (χ0n) is 9.94. The van der Waals surface area contributed by atoms with Crippen molar-refractivity contribution in [1.29, 1.82) is 0 Å². The van der Waals surface area contributed by atoms with Gasteiger partial charge in [-0.15, -0.1) is 11.6 Å². The first kappa shape index (κ1) is 15.5. The molecule has 0 saturated carbocycles. The van der Waals surface area contributed by atoms with E-state index in [0.29, 0.717) is 0 Å². The van der Waals surface area contributed by atoms with Crippen LogP contribution in [0.2, 0.25) is 10.0 Å². The van der Waals surface area contributed by atoms with Gasteiger partial charge in [-0.1, -0.05) is 29.3 Å². The molecular weight excluding hydrogens is 332 g/mol. The van der Waals surface area contributed by atoms with E-state index in [1.165, 1.54) is 18.2 Å². The highest BCUT2D eigenvalue weighted by atomic mass is 35.5. The first-order valence-electron chi connectivity index (χ1n) is 5.61. The minimum absolute atomic E-state index is 0.0118. The van der Waals surface area contributed by atoms with Gasteiger partial charge in [-0.3, -0.25) is 0 Å². The highest BCUT2D eigenvalue weighted by Gasteiger charge is 2.19. The number of hydrogen-bond donors (Lipinski definition) is 0. The summed E-state index contributed by atoms with van der Waals surface area (Å²) in [7, 11) is 0. The fraction of sp³-hybridized carbons (Fsp3) is 0.143. The van der Waals surface area contributed by atoms with Crippen molar-refractivity contribution in [2.45, 2.75) is 11.8 Å². The molecule has 2 rings (SSSR count). The summed E-state index contributed by atoms with van der Waals surface area (Å²) in [6.07, 6.45) is 0.0118. The lowest BCUT2D eigenvalue weighted by Crippen LogP contribution is -2.02. The zero-order valence-corrected chi connectivity index (χ0v) is 12.2. The van der Waals surface area contributed by atoms with E-state index in [1.54, 1.807) is 0 Å². The van der Waals surface area contributed by atoms with Gasteiger partial charge in [-0.2, -0.15) is 0 Å². The molecule has 0 heterocycles. The van der Waals surface area contributed by atoms with Crippen molar-refractivity contribution >= 4 is 34.8 Å².